The highest BCUT2D eigenvalue weighted by atomic mass is 16.6. The van der Waals surface area contributed by atoms with E-state index in [-0.39, 0.29) is 18.4 Å². The van der Waals surface area contributed by atoms with Crippen molar-refractivity contribution in [2.75, 3.05) is 50.2 Å². The lowest BCUT2D eigenvalue weighted by Gasteiger charge is -2.35. The Labute approximate surface area is 176 Å². The summed E-state index contributed by atoms with van der Waals surface area (Å²) in [5.41, 5.74) is 4.50. The van der Waals surface area contributed by atoms with Crippen molar-refractivity contribution in [2.45, 2.75) is 13.0 Å². The second-order valence-corrected chi connectivity index (χ2v) is 6.92. The molecule has 0 unspecified atom stereocenters. The van der Waals surface area contributed by atoms with E-state index in [2.05, 4.69) is 26.0 Å². The van der Waals surface area contributed by atoms with Gasteiger partial charge in [0.25, 0.3) is 0 Å². The van der Waals surface area contributed by atoms with Crippen LogP contribution >= 0.6 is 0 Å². The summed E-state index contributed by atoms with van der Waals surface area (Å²) in [6.45, 7) is 3.52. The summed E-state index contributed by atoms with van der Waals surface area (Å²) in [6.07, 6.45) is 2.06. The zero-order valence-electron chi connectivity index (χ0n) is 17.1. The van der Waals surface area contributed by atoms with Crippen LogP contribution in [0, 0.1) is 0 Å². The molecular weight excluding hydrogens is 384 g/mol. The number of amides is 3. The fourth-order valence-electron chi connectivity index (χ4n) is 3.27. The first-order valence-electron chi connectivity index (χ1n) is 9.99. The quantitative estimate of drug-likeness (QED) is 0.570. The van der Waals surface area contributed by atoms with Crippen molar-refractivity contribution in [3.05, 3.63) is 54.2 Å². The average molecular weight is 412 g/mol. The number of aromatic nitrogens is 1. The van der Waals surface area contributed by atoms with Gasteiger partial charge in [0.1, 0.15) is 5.82 Å². The number of anilines is 2. The summed E-state index contributed by atoms with van der Waals surface area (Å²) >= 11 is 0. The van der Waals surface area contributed by atoms with Crippen LogP contribution in [0.3, 0.4) is 0 Å². The minimum Gasteiger partial charge on any atom is -0.353 e. The summed E-state index contributed by atoms with van der Waals surface area (Å²) in [5, 5.41) is 5.53. The molecule has 9 heteroatoms. The van der Waals surface area contributed by atoms with Crippen LogP contribution in [-0.2, 0) is 16.2 Å². The van der Waals surface area contributed by atoms with Crippen LogP contribution in [0.5, 0.6) is 0 Å². The first kappa shape index (κ1) is 21.4. The van der Waals surface area contributed by atoms with Gasteiger partial charge in [-0.3, -0.25) is 15.1 Å². The molecule has 3 amide bonds. The first-order valence-corrected chi connectivity index (χ1v) is 9.99. The van der Waals surface area contributed by atoms with Crippen LogP contribution < -0.4 is 21.0 Å². The Kier molecular flexibility index (Phi) is 7.85. The third-order valence-corrected chi connectivity index (χ3v) is 4.83. The van der Waals surface area contributed by atoms with Gasteiger partial charge in [-0.05, 0) is 29.8 Å². The topological polar surface area (TPSA) is 98.8 Å². The number of hydrogen-bond donors (Lipinski definition) is 3. The molecule has 1 aromatic heterocycles. The lowest BCUT2D eigenvalue weighted by atomic mass is 10.2. The van der Waals surface area contributed by atoms with Crippen molar-refractivity contribution in [1.82, 2.24) is 20.5 Å². The SMILES string of the molecule is CONc1cccc(CNC(=O)NCCC(=O)N2CCN(c3ccccn3)CC2)c1. The molecule has 0 saturated carbocycles. The van der Waals surface area contributed by atoms with Crippen molar-refractivity contribution in [2.24, 2.45) is 0 Å². The summed E-state index contributed by atoms with van der Waals surface area (Å²) in [7, 11) is 1.54. The van der Waals surface area contributed by atoms with Crippen LogP contribution in [0.15, 0.2) is 48.7 Å². The molecule has 9 nitrogen and oxygen atoms in total. The molecule has 0 aliphatic carbocycles. The van der Waals surface area contributed by atoms with Crippen molar-refractivity contribution >= 4 is 23.4 Å². The van der Waals surface area contributed by atoms with E-state index in [0.717, 1.165) is 30.2 Å². The number of carbonyl (C=O) groups is 2. The number of carbonyl (C=O) groups excluding carboxylic acids is 2. The minimum atomic E-state index is -0.298. The maximum Gasteiger partial charge on any atom is 0.315 e. The van der Waals surface area contributed by atoms with E-state index in [9.17, 15) is 9.59 Å². The summed E-state index contributed by atoms with van der Waals surface area (Å²) in [4.78, 5) is 37.6. The molecule has 0 spiro atoms. The highest BCUT2D eigenvalue weighted by molar-refractivity contribution is 5.78. The molecule has 0 atom stereocenters. The number of rotatable bonds is 8. The predicted octanol–water partition coefficient (Wildman–Crippen LogP) is 1.59. The number of benzene rings is 1. The molecule has 1 aliphatic rings. The zero-order valence-corrected chi connectivity index (χ0v) is 17.1. The molecule has 3 rings (SSSR count). The lowest BCUT2D eigenvalue weighted by molar-refractivity contribution is -0.131. The molecule has 0 radical (unpaired) electrons. The number of hydrogen-bond acceptors (Lipinski definition) is 6. The van der Waals surface area contributed by atoms with Gasteiger partial charge in [0.15, 0.2) is 0 Å². The average Bonchev–Trinajstić information content (AvgIpc) is 2.79. The maximum absolute atomic E-state index is 12.4. The number of nitrogens with zero attached hydrogens (tertiary/aromatic N) is 3. The predicted molar refractivity (Wildman–Crippen MR) is 115 cm³/mol. The molecule has 1 fully saturated rings. The summed E-state index contributed by atoms with van der Waals surface area (Å²) < 4.78 is 0. The van der Waals surface area contributed by atoms with E-state index >= 15 is 0 Å². The van der Waals surface area contributed by atoms with E-state index in [1.165, 1.54) is 0 Å². The van der Waals surface area contributed by atoms with Gasteiger partial charge in [0, 0.05) is 51.9 Å². The fraction of sp³-hybridized carbons (Fsp3) is 0.381. The summed E-state index contributed by atoms with van der Waals surface area (Å²) in [5.74, 6) is 0.987. The zero-order chi connectivity index (χ0) is 21.2. The summed E-state index contributed by atoms with van der Waals surface area (Å²) in [6, 6.07) is 13.1. The Morgan fingerprint density at radius 3 is 2.63 bits per heavy atom. The van der Waals surface area contributed by atoms with Gasteiger partial charge >= 0.3 is 6.03 Å². The van der Waals surface area contributed by atoms with Crippen LogP contribution in [0.25, 0.3) is 0 Å². The second kappa shape index (κ2) is 11.0. The molecule has 0 bridgehead atoms. The molecule has 160 valence electrons. The van der Waals surface area contributed by atoms with Gasteiger partial charge in [0.2, 0.25) is 5.91 Å². The first-order chi connectivity index (χ1) is 14.7. The number of piperazine rings is 1. The van der Waals surface area contributed by atoms with E-state index < -0.39 is 0 Å². The van der Waals surface area contributed by atoms with Crippen LogP contribution in [0.2, 0.25) is 0 Å². The molecular formula is C21H28N6O3. The largest absolute Gasteiger partial charge is 0.353 e. The van der Waals surface area contributed by atoms with Gasteiger partial charge in [-0.15, -0.1) is 0 Å². The van der Waals surface area contributed by atoms with Crippen LogP contribution in [0.4, 0.5) is 16.3 Å². The monoisotopic (exact) mass is 412 g/mol. The molecule has 1 aromatic carbocycles. The van der Waals surface area contributed by atoms with Crippen molar-refractivity contribution in [3.8, 4) is 0 Å². The molecule has 3 N–H and O–H groups in total. The molecule has 2 heterocycles. The van der Waals surface area contributed by atoms with E-state index in [1.807, 2.05) is 47.4 Å². The van der Waals surface area contributed by atoms with Crippen molar-refractivity contribution in [1.29, 1.82) is 0 Å². The van der Waals surface area contributed by atoms with Gasteiger partial charge in [0.05, 0.1) is 12.8 Å². The highest BCUT2D eigenvalue weighted by Gasteiger charge is 2.21. The number of nitrogens with one attached hydrogen (secondary N) is 3. The second-order valence-electron chi connectivity index (χ2n) is 6.92. The van der Waals surface area contributed by atoms with Gasteiger partial charge in [-0.1, -0.05) is 18.2 Å². The normalized spacial score (nSPS) is 13.6. The van der Waals surface area contributed by atoms with Crippen molar-refractivity contribution < 1.29 is 14.4 Å². The Bertz CT molecular complexity index is 825. The van der Waals surface area contributed by atoms with Gasteiger partial charge < -0.3 is 20.4 Å². The fourth-order valence-corrected chi connectivity index (χ4v) is 3.27. The Balaban J connectivity index is 1.32. The van der Waals surface area contributed by atoms with Gasteiger partial charge in [-0.2, -0.15) is 0 Å². The van der Waals surface area contributed by atoms with Crippen molar-refractivity contribution in [3.63, 3.8) is 0 Å². The highest BCUT2D eigenvalue weighted by Crippen LogP contribution is 2.13. The molecule has 30 heavy (non-hydrogen) atoms. The molecule has 1 saturated heterocycles. The van der Waals surface area contributed by atoms with Gasteiger partial charge in [-0.25, -0.2) is 9.78 Å². The standard InChI is InChI=1S/C21H28N6O3/c1-30-25-18-6-4-5-17(15-18)16-24-21(29)23-10-8-20(28)27-13-11-26(12-14-27)19-7-2-3-9-22-19/h2-7,9,15,25H,8,10-14,16H2,1H3,(H2,23,24,29). The van der Waals surface area contributed by atoms with Crippen LogP contribution in [-0.4, -0.2) is 61.7 Å². The van der Waals surface area contributed by atoms with E-state index in [0.29, 0.717) is 26.2 Å². The maximum atomic E-state index is 12.4. The smallest absolute Gasteiger partial charge is 0.315 e. The molecule has 1 aliphatic heterocycles. The Morgan fingerprint density at radius 1 is 1.07 bits per heavy atom. The third kappa shape index (κ3) is 6.35. The van der Waals surface area contributed by atoms with E-state index in [1.54, 1.807) is 13.3 Å². The Morgan fingerprint density at radius 2 is 1.90 bits per heavy atom. The minimum absolute atomic E-state index is 0.0503. The van der Waals surface area contributed by atoms with Crippen LogP contribution in [0.1, 0.15) is 12.0 Å². The third-order valence-electron chi connectivity index (χ3n) is 4.83. The number of pyridine rings is 1. The lowest BCUT2D eigenvalue weighted by Crippen LogP contribution is -2.49. The molecule has 2 aromatic rings. The Hall–Kier alpha value is -3.33. The van der Waals surface area contributed by atoms with E-state index in [4.69, 9.17) is 4.84 Å². The number of urea groups is 1.